The molecule has 1 rings (SSSR count). The maximum atomic E-state index is 11.6. The molecule has 15 heavy (non-hydrogen) atoms. The van der Waals surface area contributed by atoms with Crippen LogP contribution in [0.3, 0.4) is 0 Å². The Morgan fingerprint density at radius 1 is 1.60 bits per heavy atom. The summed E-state index contributed by atoms with van der Waals surface area (Å²) < 4.78 is 4.81. The predicted molar refractivity (Wildman–Crippen MR) is 60.3 cm³/mol. The summed E-state index contributed by atoms with van der Waals surface area (Å²) in [6.07, 6.45) is 4.65. The summed E-state index contributed by atoms with van der Waals surface area (Å²) in [7, 11) is 1.44. The number of esters is 1. The zero-order chi connectivity index (χ0) is 11.5. The Kier molecular flexibility index (Phi) is 4.14. The highest BCUT2D eigenvalue weighted by Gasteiger charge is 2.35. The molecule has 3 heteroatoms. The Hall–Kier alpha value is -0.570. The summed E-state index contributed by atoms with van der Waals surface area (Å²) in [5.41, 5.74) is 6.02. The quantitative estimate of drug-likeness (QED) is 0.729. The molecule has 1 aliphatic carbocycles. The molecule has 0 amide bonds. The number of nitrogens with two attached hydrogens (primary N) is 1. The zero-order valence-corrected chi connectivity index (χ0v) is 10.1. The van der Waals surface area contributed by atoms with Crippen LogP contribution in [0.15, 0.2) is 0 Å². The third kappa shape index (κ3) is 3.20. The lowest BCUT2D eigenvalue weighted by molar-refractivity contribution is -0.148. The third-order valence-electron chi connectivity index (χ3n) is 3.57. The second-order valence-corrected chi connectivity index (χ2v) is 5.39. The molecule has 0 aromatic heterocycles. The van der Waals surface area contributed by atoms with Gasteiger partial charge in [0.2, 0.25) is 0 Å². The van der Waals surface area contributed by atoms with Gasteiger partial charge in [0.25, 0.3) is 0 Å². The summed E-state index contributed by atoms with van der Waals surface area (Å²) in [5.74, 6) is 0.168. The highest BCUT2D eigenvalue weighted by molar-refractivity contribution is 5.72. The van der Waals surface area contributed by atoms with Crippen LogP contribution in [0, 0.1) is 17.3 Å². The van der Waals surface area contributed by atoms with Gasteiger partial charge < -0.3 is 10.5 Å². The van der Waals surface area contributed by atoms with Crippen LogP contribution in [0.25, 0.3) is 0 Å². The van der Waals surface area contributed by atoms with Crippen molar-refractivity contribution in [2.24, 2.45) is 23.0 Å². The van der Waals surface area contributed by atoms with Gasteiger partial charge in [0, 0.05) is 6.54 Å². The van der Waals surface area contributed by atoms with Crippen LogP contribution >= 0.6 is 0 Å². The monoisotopic (exact) mass is 213 g/mol. The van der Waals surface area contributed by atoms with E-state index in [9.17, 15) is 4.79 Å². The molecule has 2 N–H and O–H groups in total. The van der Waals surface area contributed by atoms with Gasteiger partial charge >= 0.3 is 5.97 Å². The van der Waals surface area contributed by atoms with E-state index in [-0.39, 0.29) is 11.9 Å². The van der Waals surface area contributed by atoms with Crippen molar-refractivity contribution in [3.05, 3.63) is 0 Å². The smallest absolute Gasteiger partial charge is 0.310 e. The molecule has 0 heterocycles. The van der Waals surface area contributed by atoms with E-state index < -0.39 is 0 Å². The lowest BCUT2D eigenvalue weighted by atomic mass is 9.68. The molecule has 0 bridgehead atoms. The minimum absolute atomic E-state index is 0.102. The summed E-state index contributed by atoms with van der Waals surface area (Å²) in [5, 5.41) is 0. The Morgan fingerprint density at radius 3 is 2.73 bits per heavy atom. The Balaban J connectivity index is 2.64. The minimum atomic E-state index is -0.139. The van der Waals surface area contributed by atoms with Crippen LogP contribution in [0.4, 0.5) is 0 Å². The second-order valence-electron chi connectivity index (χ2n) is 5.39. The molecule has 1 saturated carbocycles. The summed E-state index contributed by atoms with van der Waals surface area (Å²) in [4.78, 5) is 11.6. The van der Waals surface area contributed by atoms with Gasteiger partial charge in [-0.05, 0) is 30.6 Å². The fourth-order valence-corrected chi connectivity index (χ4v) is 2.73. The van der Waals surface area contributed by atoms with E-state index in [1.807, 2.05) is 0 Å². The molecule has 1 fully saturated rings. The first kappa shape index (κ1) is 12.5. The molecule has 2 unspecified atom stereocenters. The van der Waals surface area contributed by atoms with Gasteiger partial charge in [0.05, 0.1) is 13.0 Å². The SMILES string of the molecule is COC(=O)C(CN)C1CCCC(C)(C)C1. The topological polar surface area (TPSA) is 52.3 Å². The van der Waals surface area contributed by atoms with Crippen LogP contribution in [0.2, 0.25) is 0 Å². The van der Waals surface area contributed by atoms with Gasteiger partial charge in [-0.3, -0.25) is 4.79 Å². The van der Waals surface area contributed by atoms with Gasteiger partial charge in [0.15, 0.2) is 0 Å². The second kappa shape index (κ2) is 4.97. The molecule has 0 spiro atoms. The van der Waals surface area contributed by atoms with Crippen molar-refractivity contribution in [2.45, 2.75) is 39.5 Å². The number of ether oxygens (including phenoxy) is 1. The van der Waals surface area contributed by atoms with E-state index in [0.29, 0.717) is 17.9 Å². The van der Waals surface area contributed by atoms with Crippen molar-refractivity contribution in [2.75, 3.05) is 13.7 Å². The standard InChI is InChI=1S/C12H23NO2/c1-12(2)6-4-5-9(7-12)10(8-13)11(14)15-3/h9-10H,4-8,13H2,1-3H3. The van der Waals surface area contributed by atoms with Crippen LogP contribution in [0.5, 0.6) is 0 Å². The number of carbonyl (C=O) groups is 1. The highest BCUT2D eigenvalue weighted by Crippen LogP contribution is 2.41. The molecule has 0 aliphatic heterocycles. The summed E-state index contributed by atoms with van der Waals surface area (Å²) in [6, 6.07) is 0. The first-order valence-electron chi connectivity index (χ1n) is 5.78. The van der Waals surface area contributed by atoms with E-state index in [4.69, 9.17) is 10.5 Å². The van der Waals surface area contributed by atoms with Gasteiger partial charge in [-0.1, -0.05) is 20.3 Å². The Labute approximate surface area is 92.4 Å². The predicted octanol–water partition coefficient (Wildman–Crippen LogP) is 1.95. The molecule has 0 aromatic rings. The first-order chi connectivity index (χ1) is 7.00. The van der Waals surface area contributed by atoms with Crippen LogP contribution in [-0.4, -0.2) is 19.6 Å². The average molecular weight is 213 g/mol. The Bertz CT molecular complexity index is 226. The lowest BCUT2D eigenvalue weighted by Gasteiger charge is -2.37. The van der Waals surface area contributed by atoms with Crippen molar-refractivity contribution in [1.82, 2.24) is 0 Å². The number of rotatable bonds is 3. The summed E-state index contributed by atoms with van der Waals surface area (Å²) in [6.45, 7) is 4.95. The van der Waals surface area contributed by atoms with Crippen molar-refractivity contribution in [3.63, 3.8) is 0 Å². The largest absolute Gasteiger partial charge is 0.469 e. The molecule has 1 aliphatic rings. The molecular weight excluding hydrogens is 190 g/mol. The van der Waals surface area contributed by atoms with Gasteiger partial charge in [0.1, 0.15) is 0 Å². The van der Waals surface area contributed by atoms with E-state index in [2.05, 4.69) is 13.8 Å². The first-order valence-corrected chi connectivity index (χ1v) is 5.78. The van der Waals surface area contributed by atoms with Crippen LogP contribution in [0.1, 0.15) is 39.5 Å². The molecule has 0 radical (unpaired) electrons. The number of hydrogen-bond donors (Lipinski definition) is 1. The maximum absolute atomic E-state index is 11.6. The molecular formula is C12H23NO2. The number of methoxy groups -OCH3 is 1. The lowest BCUT2D eigenvalue weighted by Crippen LogP contribution is -2.36. The van der Waals surface area contributed by atoms with Crippen LogP contribution < -0.4 is 5.73 Å². The van der Waals surface area contributed by atoms with E-state index in [0.717, 1.165) is 12.8 Å². The zero-order valence-electron chi connectivity index (χ0n) is 10.1. The third-order valence-corrected chi connectivity index (χ3v) is 3.57. The number of carbonyl (C=O) groups excluding carboxylic acids is 1. The molecule has 0 aromatic carbocycles. The summed E-state index contributed by atoms with van der Waals surface area (Å²) >= 11 is 0. The fraction of sp³-hybridized carbons (Fsp3) is 0.917. The van der Waals surface area contributed by atoms with E-state index in [1.54, 1.807) is 0 Å². The minimum Gasteiger partial charge on any atom is -0.469 e. The molecule has 0 saturated heterocycles. The van der Waals surface area contributed by atoms with Gasteiger partial charge in [-0.15, -0.1) is 0 Å². The normalized spacial score (nSPS) is 27.1. The van der Waals surface area contributed by atoms with Crippen molar-refractivity contribution < 1.29 is 9.53 Å². The molecule has 3 nitrogen and oxygen atoms in total. The van der Waals surface area contributed by atoms with E-state index >= 15 is 0 Å². The van der Waals surface area contributed by atoms with Crippen molar-refractivity contribution >= 4 is 5.97 Å². The molecule has 2 atom stereocenters. The number of hydrogen-bond acceptors (Lipinski definition) is 3. The maximum Gasteiger partial charge on any atom is 0.310 e. The average Bonchev–Trinajstić information content (AvgIpc) is 2.17. The fourth-order valence-electron chi connectivity index (χ4n) is 2.73. The van der Waals surface area contributed by atoms with Crippen LogP contribution in [-0.2, 0) is 9.53 Å². The van der Waals surface area contributed by atoms with Gasteiger partial charge in [-0.2, -0.15) is 0 Å². The van der Waals surface area contributed by atoms with Gasteiger partial charge in [-0.25, -0.2) is 0 Å². The van der Waals surface area contributed by atoms with E-state index in [1.165, 1.54) is 20.0 Å². The van der Waals surface area contributed by atoms with Crippen molar-refractivity contribution in [3.8, 4) is 0 Å². The molecule has 88 valence electrons. The highest BCUT2D eigenvalue weighted by atomic mass is 16.5. The Morgan fingerprint density at radius 2 is 2.27 bits per heavy atom. The van der Waals surface area contributed by atoms with Crippen molar-refractivity contribution in [1.29, 1.82) is 0 Å².